The molecule has 0 aromatic heterocycles. The molecule has 3 rings (SSSR count). The van der Waals surface area contributed by atoms with Crippen LogP contribution in [0.15, 0.2) is 72.1 Å². The van der Waals surface area contributed by atoms with E-state index in [1.54, 1.807) is 50.4 Å². The highest BCUT2D eigenvalue weighted by Crippen LogP contribution is 2.37. The zero-order valence-corrected chi connectivity index (χ0v) is 18.3. The fourth-order valence-corrected chi connectivity index (χ4v) is 3.56. The number of rotatable bonds is 8. The van der Waals surface area contributed by atoms with E-state index in [1.807, 2.05) is 24.3 Å². The van der Waals surface area contributed by atoms with Crippen LogP contribution in [0.25, 0.3) is 0 Å². The Hall–Kier alpha value is -3.61. The summed E-state index contributed by atoms with van der Waals surface area (Å²) in [6.07, 6.45) is 3.28. The van der Waals surface area contributed by atoms with Gasteiger partial charge >= 0.3 is 11.9 Å². The van der Waals surface area contributed by atoms with E-state index in [9.17, 15) is 14.0 Å². The number of methoxy groups -OCH3 is 1. The van der Waals surface area contributed by atoms with Gasteiger partial charge in [0.05, 0.1) is 37.4 Å². The molecule has 0 saturated heterocycles. The van der Waals surface area contributed by atoms with Gasteiger partial charge in [-0.3, -0.25) is 0 Å². The van der Waals surface area contributed by atoms with Gasteiger partial charge in [0.15, 0.2) is 0 Å². The highest BCUT2D eigenvalue weighted by Gasteiger charge is 2.35. The number of benzene rings is 2. The van der Waals surface area contributed by atoms with Crippen molar-refractivity contribution in [2.24, 2.45) is 0 Å². The van der Waals surface area contributed by atoms with Gasteiger partial charge in [-0.1, -0.05) is 24.3 Å². The van der Waals surface area contributed by atoms with Gasteiger partial charge in [-0.25, -0.2) is 14.0 Å². The van der Waals surface area contributed by atoms with Crippen molar-refractivity contribution in [3.63, 3.8) is 0 Å². The summed E-state index contributed by atoms with van der Waals surface area (Å²) in [4.78, 5) is 27.5. The maximum absolute atomic E-state index is 14.0. The lowest BCUT2D eigenvalue weighted by atomic mass is 9.83. The minimum absolute atomic E-state index is 0.170. The Morgan fingerprint density at radius 1 is 0.938 bits per heavy atom. The van der Waals surface area contributed by atoms with E-state index >= 15 is 0 Å². The Morgan fingerprint density at radius 2 is 1.53 bits per heavy atom. The molecule has 2 aromatic carbocycles. The summed E-state index contributed by atoms with van der Waals surface area (Å²) in [5.41, 5.74) is 1.87. The maximum Gasteiger partial charge on any atom is 0.336 e. The topological polar surface area (TPSA) is 65.1 Å². The first-order chi connectivity index (χ1) is 15.5. The van der Waals surface area contributed by atoms with Crippen LogP contribution in [0.5, 0.6) is 5.75 Å². The summed E-state index contributed by atoms with van der Waals surface area (Å²) in [7, 11) is 1.59. The van der Waals surface area contributed by atoms with E-state index in [-0.39, 0.29) is 24.4 Å². The van der Waals surface area contributed by atoms with E-state index in [4.69, 9.17) is 14.2 Å². The molecule has 1 aliphatic heterocycles. The number of esters is 2. The van der Waals surface area contributed by atoms with Crippen LogP contribution in [-0.2, 0) is 25.6 Å². The smallest absolute Gasteiger partial charge is 0.336 e. The Labute approximate surface area is 186 Å². The predicted octanol–water partition coefficient (Wildman–Crippen LogP) is 4.33. The second-order valence-electron chi connectivity index (χ2n) is 7.12. The Balaban J connectivity index is 2.05. The molecule has 0 amide bonds. The fraction of sp³-hybridized carbons (Fsp3) is 0.280. The molecule has 0 N–H and O–H groups in total. The van der Waals surface area contributed by atoms with Crippen molar-refractivity contribution in [3.8, 4) is 5.75 Å². The number of carbonyl (C=O) groups is 2. The molecule has 0 spiro atoms. The van der Waals surface area contributed by atoms with Crippen molar-refractivity contribution >= 4 is 11.9 Å². The molecule has 6 nitrogen and oxygen atoms in total. The van der Waals surface area contributed by atoms with Gasteiger partial charge in [-0.2, -0.15) is 0 Å². The standard InChI is InChI=1S/C25H26FNO5/c1-4-31-24(28)21-15-27(14-17-9-11-20(30-3)12-10-17)16-22(25(29)32-5-2)23(21)18-7-6-8-19(26)13-18/h6-13,15-16,23H,4-5,14H2,1-3H3. The Kier molecular flexibility index (Phi) is 7.65. The third-order valence-electron chi connectivity index (χ3n) is 4.96. The number of ether oxygens (including phenoxy) is 3. The van der Waals surface area contributed by atoms with Gasteiger partial charge in [-0.05, 0) is 49.2 Å². The normalized spacial score (nSPS) is 13.8. The summed E-state index contributed by atoms with van der Waals surface area (Å²) in [6, 6.07) is 13.3. The van der Waals surface area contributed by atoms with E-state index in [0.29, 0.717) is 12.1 Å². The van der Waals surface area contributed by atoms with Gasteiger partial charge in [0.25, 0.3) is 0 Å². The molecule has 0 fully saturated rings. The van der Waals surface area contributed by atoms with Crippen LogP contribution < -0.4 is 4.74 Å². The lowest BCUT2D eigenvalue weighted by Crippen LogP contribution is -2.29. The average molecular weight is 439 g/mol. The van der Waals surface area contributed by atoms with Crippen LogP contribution in [-0.4, -0.2) is 37.2 Å². The van der Waals surface area contributed by atoms with Crippen molar-refractivity contribution in [3.05, 3.63) is 89.0 Å². The van der Waals surface area contributed by atoms with Crippen LogP contribution in [0.4, 0.5) is 4.39 Å². The Morgan fingerprint density at radius 3 is 2.03 bits per heavy atom. The zero-order valence-electron chi connectivity index (χ0n) is 18.3. The second kappa shape index (κ2) is 10.6. The third-order valence-corrected chi connectivity index (χ3v) is 4.96. The van der Waals surface area contributed by atoms with Crippen LogP contribution in [0.3, 0.4) is 0 Å². The van der Waals surface area contributed by atoms with Gasteiger partial charge < -0.3 is 19.1 Å². The molecular weight excluding hydrogens is 413 g/mol. The first-order valence-electron chi connectivity index (χ1n) is 10.4. The summed E-state index contributed by atoms with van der Waals surface area (Å²) in [5, 5.41) is 0. The van der Waals surface area contributed by atoms with Crippen molar-refractivity contribution in [1.29, 1.82) is 0 Å². The van der Waals surface area contributed by atoms with E-state index in [1.165, 1.54) is 12.1 Å². The zero-order chi connectivity index (χ0) is 23.1. The van der Waals surface area contributed by atoms with Crippen molar-refractivity contribution in [1.82, 2.24) is 4.90 Å². The summed E-state index contributed by atoms with van der Waals surface area (Å²) < 4.78 is 29.7. The van der Waals surface area contributed by atoms with Crippen LogP contribution in [0.2, 0.25) is 0 Å². The first kappa shape index (κ1) is 23.1. The molecule has 0 aliphatic carbocycles. The molecule has 32 heavy (non-hydrogen) atoms. The summed E-state index contributed by atoms with van der Waals surface area (Å²) in [6.45, 7) is 4.14. The number of hydrogen-bond acceptors (Lipinski definition) is 6. The fourth-order valence-electron chi connectivity index (χ4n) is 3.56. The van der Waals surface area contributed by atoms with E-state index in [0.717, 1.165) is 11.3 Å². The molecule has 0 atom stereocenters. The number of halogens is 1. The minimum atomic E-state index is -0.809. The largest absolute Gasteiger partial charge is 0.497 e. The maximum atomic E-state index is 14.0. The summed E-state index contributed by atoms with van der Waals surface area (Å²) in [5.74, 6) is -1.69. The van der Waals surface area contributed by atoms with Crippen molar-refractivity contribution in [2.75, 3.05) is 20.3 Å². The molecule has 2 aromatic rings. The molecule has 1 heterocycles. The Bertz CT molecular complexity index is 993. The highest BCUT2D eigenvalue weighted by molar-refractivity contribution is 5.98. The monoisotopic (exact) mass is 439 g/mol. The average Bonchev–Trinajstić information content (AvgIpc) is 2.79. The summed E-state index contributed by atoms with van der Waals surface area (Å²) >= 11 is 0. The van der Waals surface area contributed by atoms with E-state index in [2.05, 4.69) is 0 Å². The van der Waals surface area contributed by atoms with Gasteiger partial charge in [0.2, 0.25) is 0 Å². The molecule has 0 bridgehead atoms. The molecular formula is C25H26FNO5. The molecule has 168 valence electrons. The SMILES string of the molecule is CCOC(=O)C1=CN(Cc2ccc(OC)cc2)C=C(C(=O)OCC)C1c1cccc(F)c1. The van der Waals surface area contributed by atoms with E-state index < -0.39 is 23.7 Å². The van der Waals surface area contributed by atoms with Gasteiger partial charge in [-0.15, -0.1) is 0 Å². The van der Waals surface area contributed by atoms with Crippen LogP contribution in [0.1, 0.15) is 30.9 Å². The molecule has 0 unspecified atom stereocenters. The number of nitrogens with zero attached hydrogens (tertiary/aromatic N) is 1. The van der Waals surface area contributed by atoms with Crippen LogP contribution >= 0.6 is 0 Å². The quantitative estimate of drug-likeness (QED) is 0.571. The molecule has 0 radical (unpaired) electrons. The molecule has 7 heteroatoms. The van der Waals surface area contributed by atoms with Crippen molar-refractivity contribution < 1.29 is 28.2 Å². The lowest BCUT2D eigenvalue weighted by molar-refractivity contribution is -0.139. The van der Waals surface area contributed by atoms with Gasteiger partial charge in [0, 0.05) is 18.9 Å². The lowest BCUT2D eigenvalue weighted by Gasteiger charge is -2.30. The number of carbonyl (C=O) groups excluding carboxylic acids is 2. The molecule has 0 saturated carbocycles. The second-order valence-corrected chi connectivity index (χ2v) is 7.12. The highest BCUT2D eigenvalue weighted by atomic mass is 19.1. The predicted molar refractivity (Wildman–Crippen MR) is 117 cm³/mol. The van der Waals surface area contributed by atoms with Crippen molar-refractivity contribution in [2.45, 2.75) is 26.3 Å². The minimum Gasteiger partial charge on any atom is -0.497 e. The third kappa shape index (κ3) is 5.35. The van der Waals surface area contributed by atoms with Gasteiger partial charge in [0.1, 0.15) is 11.6 Å². The molecule has 1 aliphatic rings. The van der Waals surface area contributed by atoms with Crippen LogP contribution in [0, 0.1) is 5.82 Å². The first-order valence-corrected chi connectivity index (χ1v) is 10.4. The number of hydrogen-bond donors (Lipinski definition) is 0.